The maximum Gasteiger partial charge on any atom is 0.161 e. The molecule has 1 saturated heterocycles. The van der Waals surface area contributed by atoms with Crippen LogP contribution in [0.5, 0.6) is 11.5 Å². The van der Waals surface area contributed by atoms with Gasteiger partial charge in [-0.1, -0.05) is 22.9 Å². The molecule has 0 unspecified atom stereocenters. The quantitative estimate of drug-likeness (QED) is 0.892. The predicted molar refractivity (Wildman–Crippen MR) is 84.7 cm³/mol. The van der Waals surface area contributed by atoms with Crippen LogP contribution in [0.3, 0.4) is 0 Å². The number of piperazine rings is 1. The summed E-state index contributed by atoms with van der Waals surface area (Å²) in [5.41, 5.74) is 1.27. The molecule has 0 aliphatic carbocycles. The van der Waals surface area contributed by atoms with Crippen molar-refractivity contribution in [2.45, 2.75) is 19.4 Å². The molecular weight excluding hydrogens is 320 g/mol. The zero-order valence-electron chi connectivity index (χ0n) is 12.4. The Morgan fingerprint density at radius 3 is 2.35 bits per heavy atom. The highest BCUT2D eigenvalue weighted by molar-refractivity contribution is 9.10. The Kier molecular flexibility index (Phi) is 5.69. The van der Waals surface area contributed by atoms with E-state index >= 15 is 0 Å². The summed E-state index contributed by atoms with van der Waals surface area (Å²) >= 11 is 3.68. The van der Waals surface area contributed by atoms with E-state index in [4.69, 9.17) is 9.47 Å². The van der Waals surface area contributed by atoms with Crippen molar-refractivity contribution < 1.29 is 9.47 Å². The highest BCUT2D eigenvalue weighted by Crippen LogP contribution is 2.38. The van der Waals surface area contributed by atoms with Crippen molar-refractivity contribution >= 4 is 15.9 Å². The second kappa shape index (κ2) is 7.29. The fourth-order valence-corrected chi connectivity index (χ4v) is 3.38. The Morgan fingerprint density at radius 1 is 1.20 bits per heavy atom. The molecule has 0 spiro atoms. The third-order valence-electron chi connectivity index (χ3n) is 3.84. The van der Waals surface area contributed by atoms with Gasteiger partial charge in [0.15, 0.2) is 11.5 Å². The number of hydrogen-bond acceptors (Lipinski definition) is 4. The fourth-order valence-electron chi connectivity index (χ4n) is 2.79. The van der Waals surface area contributed by atoms with Gasteiger partial charge in [-0.3, -0.25) is 4.90 Å². The van der Waals surface area contributed by atoms with Crippen LogP contribution in [0.2, 0.25) is 0 Å². The largest absolute Gasteiger partial charge is 0.493 e. The molecule has 1 fully saturated rings. The molecule has 0 bridgehead atoms. The van der Waals surface area contributed by atoms with Crippen LogP contribution in [0, 0.1) is 0 Å². The Morgan fingerprint density at radius 2 is 1.80 bits per heavy atom. The lowest BCUT2D eigenvalue weighted by Gasteiger charge is -2.35. The first-order valence-corrected chi connectivity index (χ1v) is 7.86. The van der Waals surface area contributed by atoms with Crippen molar-refractivity contribution in [3.8, 4) is 11.5 Å². The van der Waals surface area contributed by atoms with Gasteiger partial charge >= 0.3 is 0 Å². The zero-order valence-corrected chi connectivity index (χ0v) is 14.0. The Hall–Kier alpha value is -0.780. The minimum absolute atomic E-state index is 0.409. The maximum atomic E-state index is 5.44. The van der Waals surface area contributed by atoms with Crippen molar-refractivity contribution in [2.24, 2.45) is 0 Å². The van der Waals surface area contributed by atoms with E-state index in [0.29, 0.717) is 6.04 Å². The van der Waals surface area contributed by atoms with Gasteiger partial charge in [-0.2, -0.15) is 0 Å². The van der Waals surface area contributed by atoms with Crippen LogP contribution in [-0.4, -0.2) is 45.3 Å². The number of nitrogens with one attached hydrogen (secondary N) is 1. The number of hydrogen-bond donors (Lipinski definition) is 1. The van der Waals surface area contributed by atoms with Crippen LogP contribution in [0.15, 0.2) is 16.6 Å². The smallest absolute Gasteiger partial charge is 0.161 e. The Labute approximate surface area is 129 Å². The van der Waals surface area contributed by atoms with Gasteiger partial charge in [-0.05, 0) is 24.1 Å². The van der Waals surface area contributed by atoms with Crippen LogP contribution in [-0.2, 0) is 0 Å². The van der Waals surface area contributed by atoms with Crippen molar-refractivity contribution in [1.82, 2.24) is 10.2 Å². The molecule has 5 heteroatoms. The molecule has 1 N–H and O–H groups in total. The first kappa shape index (κ1) is 15.6. The molecule has 1 atom stereocenters. The molecular formula is C15H23BrN2O2. The highest BCUT2D eigenvalue weighted by atomic mass is 79.9. The van der Waals surface area contributed by atoms with Crippen molar-refractivity contribution in [2.75, 3.05) is 40.4 Å². The average Bonchev–Trinajstić information content (AvgIpc) is 2.50. The third-order valence-corrected chi connectivity index (χ3v) is 4.53. The fraction of sp³-hybridized carbons (Fsp3) is 0.600. The van der Waals surface area contributed by atoms with Crippen molar-refractivity contribution in [1.29, 1.82) is 0 Å². The molecule has 0 aromatic heterocycles. The molecule has 1 aliphatic heterocycles. The van der Waals surface area contributed by atoms with Crippen molar-refractivity contribution in [3.05, 3.63) is 22.2 Å². The Bertz CT molecular complexity index is 448. The average molecular weight is 343 g/mol. The van der Waals surface area contributed by atoms with Gasteiger partial charge < -0.3 is 14.8 Å². The van der Waals surface area contributed by atoms with Gasteiger partial charge in [0.25, 0.3) is 0 Å². The molecule has 4 nitrogen and oxygen atoms in total. The Balaban J connectivity index is 2.33. The summed E-state index contributed by atoms with van der Waals surface area (Å²) in [5, 5.41) is 3.40. The maximum absolute atomic E-state index is 5.44. The molecule has 1 aromatic carbocycles. The number of methoxy groups -OCH3 is 2. The van der Waals surface area contributed by atoms with E-state index in [1.807, 2.05) is 6.07 Å². The number of halogens is 1. The summed E-state index contributed by atoms with van der Waals surface area (Å²) in [7, 11) is 3.35. The van der Waals surface area contributed by atoms with Crippen LogP contribution in [0.25, 0.3) is 0 Å². The van der Waals surface area contributed by atoms with E-state index in [1.54, 1.807) is 14.2 Å². The normalized spacial score (nSPS) is 17.8. The van der Waals surface area contributed by atoms with Gasteiger partial charge in [-0.25, -0.2) is 0 Å². The third kappa shape index (κ3) is 3.27. The van der Waals surface area contributed by atoms with Gasteiger partial charge in [0.05, 0.1) is 14.2 Å². The van der Waals surface area contributed by atoms with Gasteiger partial charge in [0, 0.05) is 36.7 Å². The van der Waals surface area contributed by atoms with E-state index < -0.39 is 0 Å². The zero-order chi connectivity index (χ0) is 14.5. The highest BCUT2D eigenvalue weighted by Gasteiger charge is 2.24. The SMILES string of the molecule is CC[C@H](c1cc(OC)c(OC)cc1Br)N1CCNCC1. The molecule has 0 saturated carbocycles. The molecule has 20 heavy (non-hydrogen) atoms. The van der Waals surface area contributed by atoms with E-state index in [0.717, 1.165) is 48.6 Å². The van der Waals surface area contributed by atoms with E-state index in [-0.39, 0.29) is 0 Å². The molecule has 0 amide bonds. The van der Waals surface area contributed by atoms with E-state index in [9.17, 15) is 0 Å². The first-order chi connectivity index (χ1) is 9.71. The van der Waals surface area contributed by atoms with Crippen LogP contribution >= 0.6 is 15.9 Å². The monoisotopic (exact) mass is 342 g/mol. The topological polar surface area (TPSA) is 33.7 Å². The summed E-state index contributed by atoms with van der Waals surface area (Å²) in [6.45, 7) is 6.51. The lowest BCUT2D eigenvalue weighted by molar-refractivity contribution is 0.168. The van der Waals surface area contributed by atoms with E-state index in [1.165, 1.54) is 5.56 Å². The standard InChI is InChI=1S/C15H23BrN2O2/c1-4-13(18-7-5-17-6-8-18)11-9-14(19-2)15(20-3)10-12(11)16/h9-10,13,17H,4-8H2,1-3H3/t13-/m1/s1. The number of nitrogens with zero attached hydrogens (tertiary/aromatic N) is 1. The van der Waals surface area contributed by atoms with Crippen LogP contribution in [0.4, 0.5) is 0 Å². The molecule has 0 radical (unpaired) electrons. The van der Waals surface area contributed by atoms with E-state index in [2.05, 4.69) is 39.1 Å². The lowest BCUT2D eigenvalue weighted by Crippen LogP contribution is -2.45. The lowest BCUT2D eigenvalue weighted by atomic mass is 10.0. The second-order valence-corrected chi connectivity index (χ2v) is 5.79. The summed E-state index contributed by atoms with van der Waals surface area (Å²) in [6, 6.07) is 4.50. The second-order valence-electron chi connectivity index (χ2n) is 4.94. The summed E-state index contributed by atoms with van der Waals surface area (Å²) in [5.74, 6) is 1.55. The number of ether oxygens (including phenoxy) is 2. The molecule has 1 aromatic rings. The minimum Gasteiger partial charge on any atom is -0.493 e. The van der Waals surface area contributed by atoms with Crippen molar-refractivity contribution in [3.63, 3.8) is 0 Å². The summed E-state index contributed by atoms with van der Waals surface area (Å²) < 4.78 is 11.9. The summed E-state index contributed by atoms with van der Waals surface area (Å²) in [6.07, 6.45) is 1.08. The molecule has 112 valence electrons. The van der Waals surface area contributed by atoms with Crippen LogP contribution < -0.4 is 14.8 Å². The minimum atomic E-state index is 0.409. The first-order valence-electron chi connectivity index (χ1n) is 7.07. The molecule has 1 aliphatic rings. The molecule has 1 heterocycles. The van der Waals surface area contributed by atoms with Gasteiger partial charge in [-0.15, -0.1) is 0 Å². The van der Waals surface area contributed by atoms with Crippen LogP contribution in [0.1, 0.15) is 24.9 Å². The van der Waals surface area contributed by atoms with Gasteiger partial charge in [0.1, 0.15) is 0 Å². The number of benzene rings is 1. The molecule has 2 rings (SSSR count). The van der Waals surface area contributed by atoms with Gasteiger partial charge in [0.2, 0.25) is 0 Å². The predicted octanol–water partition coefficient (Wildman–Crippen LogP) is 2.82. The number of rotatable bonds is 5. The summed E-state index contributed by atoms with van der Waals surface area (Å²) in [4.78, 5) is 2.53.